The molecule has 1 rings (SSSR count). The molecule has 0 aromatic carbocycles. The fourth-order valence-corrected chi connectivity index (χ4v) is 1.25. The monoisotopic (exact) mass is 242 g/mol. The minimum absolute atomic E-state index is 0.0587. The third kappa shape index (κ3) is 4.02. The predicted molar refractivity (Wildman–Crippen MR) is 63.4 cm³/mol. The number of carbonyl (C=O) groups excluding carboxylic acids is 1. The van der Waals surface area contributed by atoms with Crippen LogP contribution in [0, 0.1) is 0 Å². The highest BCUT2D eigenvalue weighted by molar-refractivity contribution is 6.29. The predicted octanol–water partition coefficient (Wildman–Crippen LogP) is 1.46. The molecule has 16 heavy (non-hydrogen) atoms. The van der Waals surface area contributed by atoms with Crippen molar-refractivity contribution < 1.29 is 4.79 Å². The first-order valence-electron chi connectivity index (χ1n) is 5.15. The molecule has 0 radical (unpaired) electrons. The van der Waals surface area contributed by atoms with Crippen molar-refractivity contribution in [2.45, 2.75) is 26.3 Å². The standard InChI is InChI=1S/C10H15ClN4O/c1-3-4-12-10(16)7(2)15-9-5-8(11)13-6-14-9/h5-7H,3-4H2,1-2H3,(H,12,16)(H,13,14,15). The molecule has 0 saturated carbocycles. The number of hydrogen-bond acceptors (Lipinski definition) is 4. The molecule has 0 spiro atoms. The molecule has 0 aliphatic rings. The summed E-state index contributed by atoms with van der Waals surface area (Å²) in [5.41, 5.74) is 0. The molecule has 6 heteroatoms. The van der Waals surface area contributed by atoms with Gasteiger partial charge in [-0.3, -0.25) is 4.79 Å². The van der Waals surface area contributed by atoms with Crippen molar-refractivity contribution in [3.63, 3.8) is 0 Å². The lowest BCUT2D eigenvalue weighted by molar-refractivity contribution is -0.121. The van der Waals surface area contributed by atoms with Gasteiger partial charge in [-0.05, 0) is 13.3 Å². The van der Waals surface area contributed by atoms with Gasteiger partial charge in [-0.1, -0.05) is 18.5 Å². The number of aromatic nitrogens is 2. The molecule has 88 valence electrons. The highest BCUT2D eigenvalue weighted by Crippen LogP contribution is 2.09. The van der Waals surface area contributed by atoms with Crippen molar-refractivity contribution in [1.82, 2.24) is 15.3 Å². The van der Waals surface area contributed by atoms with Crippen LogP contribution in [0.25, 0.3) is 0 Å². The van der Waals surface area contributed by atoms with E-state index in [-0.39, 0.29) is 11.9 Å². The highest BCUT2D eigenvalue weighted by atomic mass is 35.5. The van der Waals surface area contributed by atoms with Crippen LogP contribution in [-0.2, 0) is 4.79 Å². The first-order valence-corrected chi connectivity index (χ1v) is 5.53. The average molecular weight is 243 g/mol. The van der Waals surface area contributed by atoms with Crippen LogP contribution in [0.15, 0.2) is 12.4 Å². The number of nitrogens with zero attached hydrogens (tertiary/aromatic N) is 2. The van der Waals surface area contributed by atoms with E-state index >= 15 is 0 Å². The Hall–Kier alpha value is -1.36. The maximum atomic E-state index is 11.5. The zero-order valence-electron chi connectivity index (χ0n) is 9.33. The van der Waals surface area contributed by atoms with E-state index in [1.807, 2.05) is 6.92 Å². The fourth-order valence-electron chi connectivity index (χ4n) is 1.10. The van der Waals surface area contributed by atoms with Crippen LogP contribution >= 0.6 is 11.6 Å². The topological polar surface area (TPSA) is 66.9 Å². The Bertz CT molecular complexity index is 358. The van der Waals surface area contributed by atoms with Gasteiger partial charge in [0.15, 0.2) is 0 Å². The van der Waals surface area contributed by atoms with Gasteiger partial charge in [0.2, 0.25) is 5.91 Å². The number of halogens is 1. The van der Waals surface area contributed by atoms with Crippen LogP contribution in [0.3, 0.4) is 0 Å². The smallest absolute Gasteiger partial charge is 0.242 e. The van der Waals surface area contributed by atoms with Crippen LogP contribution in [0.4, 0.5) is 5.82 Å². The highest BCUT2D eigenvalue weighted by Gasteiger charge is 2.12. The Morgan fingerprint density at radius 3 is 2.94 bits per heavy atom. The van der Waals surface area contributed by atoms with Crippen molar-refractivity contribution in [2.75, 3.05) is 11.9 Å². The molecular formula is C10H15ClN4O. The average Bonchev–Trinajstić information content (AvgIpc) is 2.25. The molecule has 5 nitrogen and oxygen atoms in total. The van der Waals surface area contributed by atoms with E-state index in [1.54, 1.807) is 13.0 Å². The van der Waals surface area contributed by atoms with E-state index in [0.717, 1.165) is 6.42 Å². The van der Waals surface area contributed by atoms with Crippen molar-refractivity contribution >= 4 is 23.3 Å². The molecule has 1 heterocycles. The zero-order valence-corrected chi connectivity index (χ0v) is 10.1. The fraction of sp³-hybridized carbons (Fsp3) is 0.500. The Morgan fingerprint density at radius 2 is 2.31 bits per heavy atom. The Balaban J connectivity index is 2.50. The second-order valence-electron chi connectivity index (χ2n) is 3.38. The van der Waals surface area contributed by atoms with Crippen molar-refractivity contribution in [1.29, 1.82) is 0 Å². The largest absolute Gasteiger partial charge is 0.358 e. The lowest BCUT2D eigenvalue weighted by Gasteiger charge is -2.13. The first-order chi connectivity index (χ1) is 7.63. The van der Waals surface area contributed by atoms with Gasteiger partial charge in [0.25, 0.3) is 0 Å². The van der Waals surface area contributed by atoms with E-state index in [2.05, 4.69) is 20.6 Å². The first kappa shape index (κ1) is 12.7. The third-order valence-corrected chi connectivity index (χ3v) is 2.15. The molecule has 0 fully saturated rings. The van der Waals surface area contributed by atoms with Crippen molar-refractivity contribution in [3.05, 3.63) is 17.5 Å². The van der Waals surface area contributed by atoms with Crippen molar-refractivity contribution in [3.8, 4) is 0 Å². The Kier molecular flexibility index (Phi) is 4.98. The van der Waals surface area contributed by atoms with E-state index in [4.69, 9.17) is 11.6 Å². The molecule has 1 amide bonds. The van der Waals surface area contributed by atoms with Gasteiger partial charge in [-0.15, -0.1) is 0 Å². The number of amides is 1. The normalized spacial score (nSPS) is 11.9. The van der Waals surface area contributed by atoms with E-state index in [0.29, 0.717) is 17.5 Å². The second-order valence-corrected chi connectivity index (χ2v) is 3.77. The number of rotatable bonds is 5. The van der Waals surface area contributed by atoms with Gasteiger partial charge < -0.3 is 10.6 Å². The minimum atomic E-state index is -0.350. The van der Waals surface area contributed by atoms with Crippen LogP contribution in [0.1, 0.15) is 20.3 Å². The Labute approximate surface area is 99.6 Å². The Morgan fingerprint density at radius 1 is 1.56 bits per heavy atom. The summed E-state index contributed by atoms with van der Waals surface area (Å²) in [5.74, 6) is 0.482. The summed E-state index contributed by atoms with van der Waals surface area (Å²) < 4.78 is 0. The summed E-state index contributed by atoms with van der Waals surface area (Å²) >= 11 is 5.70. The molecule has 0 aliphatic carbocycles. The lowest BCUT2D eigenvalue weighted by Crippen LogP contribution is -2.38. The van der Waals surface area contributed by atoms with Crippen LogP contribution in [0.2, 0.25) is 5.15 Å². The molecule has 1 aromatic rings. The van der Waals surface area contributed by atoms with Crippen molar-refractivity contribution in [2.24, 2.45) is 0 Å². The maximum absolute atomic E-state index is 11.5. The molecule has 1 atom stereocenters. The van der Waals surface area contributed by atoms with E-state index in [9.17, 15) is 4.79 Å². The van der Waals surface area contributed by atoms with Gasteiger partial charge >= 0.3 is 0 Å². The molecule has 1 aromatic heterocycles. The van der Waals surface area contributed by atoms with E-state index < -0.39 is 0 Å². The maximum Gasteiger partial charge on any atom is 0.242 e. The van der Waals surface area contributed by atoms with Crippen LogP contribution in [-0.4, -0.2) is 28.5 Å². The summed E-state index contributed by atoms with van der Waals surface area (Å²) in [6.45, 7) is 4.44. The number of nitrogens with one attached hydrogen (secondary N) is 2. The van der Waals surface area contributed by atoms with Gasteiger partial charge in [0.1, 0.15) is 23.3 Å². The number of anilines is 1. The quantitative estimate of drug-likeness (QED) is 0.767. The molecule has 0 bridgehead atoms. The SMILES string of the molecule is CCCNC(=O)C(C)Nc1cc(Cl)ncn1. The van der Waals surface area contributed by atoms with Crippen LogP contribution < -0.4 is 10.6 Å². The second kappa shape index (κ2) is 6.27. The molecule has 2 N–H and O–H groups in total. The summed E-state index contributed by atoms with van der Waals surface area (Å²) in [7, 11) is 0. The van der Waals surface area contributed by atoms with Gasteiger partial charge in [-0.2, -0.15) is 0 Å². The zero-order chi connectivity index (χ0) is 12.0. The summed E-state index contributed by atoms with van der Waals surface area (Å²) in [6.07, 6.45) is 2.26. The summed E-state index contributed by atoms with van der Waals surface area (Å²) in [5, 5.41) is 6.08. The third-order valence-electron chi connectivity index (χ3n) is 1.94. The van der Waals surface area contributed by atoms with Gasteiger partial charge in [0.05, 0.1) is 0 Å². The van der Waals surface area contributed by atoms with E-state index in [1.165, 1.54) is 6.33 Å². The summed E-state index contributed by atoms with van der Waals surface area (Å²) in [6, 6.07) is 1.23. The molecule has 0 saturated heterocycles. The van der Waals surface area contributed by atoms with Crippen LogP contribution in [0.5, 0.6) is 0 Å². The minimum Gasteiger partial charge on any atom is -0.358 e. The molecule has 0 aliphatic heterocycles. The van der Waals surface area contributed by atoms with Gasteiger partial charge in [0, 0.05) is 12.6 Å². The van der Waals surface area contributed by atoms with Gasteiger partial charge in [-0.25, -0.2) is 9.97 Å². The number of carbonyl (C=O) groups is 1. The number of hydrogen-bond donors (Lipinski definition) is 2. The molecule has 1 unspecified atom stereocenters. The lowest BCUT2D eigenvalue weighted by atomic mass is 10.3. The molecular weight excluding hydrogens is 228 g/mol. The summed E-state index contributed by atoms with van der Waals surface area (Å²) in [4.78, 5) is 19.3.